The van der Waals surface area contributed by atoms with E-state index in [0.717, 1.165) is 0 Å². The molecule has 1 aromatic heterocycles. The van der Waals surface area contributed by atoms with Crippen LogP contribution in [0.4, 0.5) is 0 Å². The maximum Gasteiger partial charge on any atom is 0.252 e. The number of hydrogen-bond acceptors (Lipinski definition) is 3. The fourth-order valence-electron chi connectivity index (χ4n) is 0.698. The average molecular weight is 151 g/mol. The Morgan fingerprint density at radius 1 is 1.55 bits per heavy atom. The van der Waals surface area contributed by atoms with Crippen LogP contribution in [0.2, 0.25) is 0 Å². The zero-order valence-corrected chi connectivity index (χ0v) is 5.95. The molecule has 0 aliphatic carbocycles. The maximum atomic E-state index is 11.0. The number of amides is 1. The van der Waals surface area contributed by atoms with Crippen LogP contribution in [0.15, 0.2) is 24.5 Å². The molecule has 4 heteroatoms. The predicted octanol–water partition coefficient (Wildman–Crippen LogP) is -0.272. The average Bonchev–Trinajstić information content (AvgIpc) is 2.07. The van der Waals surface area contributed by atoms with Gasteiger partial charge in [-0.1, -0.05) is 0 Å². The number of nitrogens with two attached hydrogens (primary N) is 1. The SMILES string of the molecule is NCNC(=O)c1ccncc1. The highest BCUT2D eigenvalue weighted by Crippen LogP contribution is 1.93. The zero-order valence-electron chi connectivity index (χ0n) is 5.95. The summed E-state index contributed by atoms with van der Waals surface area (Å²) in [4.78, 5) is 14.8. The highest BCUT2D eigenvalue weighted by Gasteiger charge is 2.00. The molecule has 0 aromatic carbocycles. The first kappa shape index (κ1) is 7.68. The molecule has 1 amide bonds. The Hall–Kier alpha value is -1.42. The molecule has 0 radical (unpaired) electrons. The third kappa shape index (κ3) is 2.01. The van der Waals surface area contributed by atoms with E-state index in [1.54, 1.807) is 24.5 Å². The van der Waals surface area contributed by atoms with Gasteiger partial charge in [-0.2, -0.15) is 0 Å². The standard InChI is InChI=1S/C7H9N3O/c8-5-10-7(11)6-1-3-9-4-2-6/h1-4H,5,8H2,(H,10,11). The molecule has 0 atom stereocenters. The van der Waals surface area contributed by atoms with Crippen LogP contribution in [0, 0.1) is 0 Å². The fourth-order valence-corrected chi connectivity index (χ4v) is 0.698. The molecule has 58 valence electrons. The number of aromatic nitrogens is 1. The van der Waals surface area contributed by atoms with Crippen LogP contribution in [0.3, 0.4) is 0 Å². The van der Waals surface area contributed by atoms with E-state index in [1.165, 1.54) is 0 Å². The van der Waals surface area contributed by atoms with Gasteiger partial charge in [0.25, 0.3) is 5.91 Å². The molecule has 1 rings (SSSR count). The van der Waals surface area contributed by atoms with E-state index in [2.05, 4.69) is 10.3 Å². The molecule has 0 aliphatic rings. The molecule has 3 N–H and O–H groups in total. The van der Waals surface area contributed by atoms with Crippen molar-refractivity contribution >= 4 is 5.91 Å². The van der Waals surface area contributed by atoms with Crippen LogP contribution < -0.4 is 11.1 Å². The number of pyridine rings is 1. The Morgan fingerprint density at radius 2 is 2.18 bits per heavy atom. The zero-order chi connectivity index (χ0) is 8.10. The number of nitrogens with one attached hydrogen (secondary N) is 1. The van der Waals surface area contributed by atoms with E-state index in [-0.39, 0.29) is 12.6 Å². The van der Waals surface area contributed by atoms with Crippen molar-refractivity contribution in [1.82, 2.24) is 10.3 Å². The third-order valence-electron chi connectivity index (χ3n) is 1.21. The predicted molar refractivity (Wildman–Crippen MR) is 40.8 cm³/mol. The third-order valence-corrected chi connectivity index (χ3v) is 1.21. The summed E-state index contributed by atoms with van der Waals surface area (Å²) < 4.78 is 0. The van der Waals surface area contributed by atoms with Crippen molar-refractivity contribution in [3.63, 3.8) is 0 Å². The van der Waals surface area contributed by atoms with Crippen LogP contribution in [0.25, 0.3) is 0 Å². The summed E-state index contributed by atoms with van der Waals surface area (Å²) in [6, 6.07) is 3.26. The van der Waals surface area contributed by atoms with Crippen LogP contribution in [-0.2, 0) is 0 Å². The molecule has 0 saturated carbocycles. The van der Waals surface area contributed by atoms with Gasteiger partial charge in [-0.3, -0.25) is 9.78 Å². The molecule has 0 bridgehead atoms. The Labute approximate surface area is 64.4 Å². The topological polar surface area (TPSA) is 68.0 Å². The molecular formula is C7H9N3O. The van der Waals surface area contributed by atoms with Crippen molar-refractivity contribution in [1.29, 1.82) is 0 Å². The quantitative estimate of drug-likeness (QED) is 0.571. The highest BCUT2D eigenvalue weighted by molar-refractivity contribution is 5.93. The summed E-state index contributed by atoms with van der Waals surface area (Å²) in [5.41, 5.74) is 5.69. The first-order chi connectivity index (χ1) is 5.34. The summed E-state index contributed by atoms with van der Waals surface area (Å²) in [6.07, 6.45) is 3.12. The molecule has 0 spiro atoms. The molecule has 0 fully saturated rings. The number of carbonyl (C=O) groups is 1. The van der Waals surface area contributed by atoms with Crippen molar-refractivity contribution in [2.24, 2.45) is 5.73 Å². The Kier molecular flexibility index (Phi) is 2.57. The van der Waals surface area contributed by atoms with E-state index in [9.17, 15) is 4.79 Å². The van der Waals surface area contributed by atoms with Crippen molar-refractivity contribution in [3.05, 3.63) is 30.1 Å². The van der Waals surface area contributed by atoms with E-state index in [0.29, 0.717) is 5.56 Å². The lowest BCUT2D eigenvalue weighted by molar-refractivity contribution is 0.0954. The summed E-state index contributed by atoms with van der Waals surface area (Å²) in [6.45, 7) is 0.154. The molecule has 0 aliphatic heterocycles. The van der Waals surface area contributed by atoms with Gasteiger partial charge in [0.05, 0.1) is 6.67 Å². The lowest BCUT2D eigenvalue weighted by Gasteiger charge is -1.99. The van der Waals surface area contributed by atoms with Crippen molar-refractivity contribution in [2.75, 3.05) is 6.67 Å². The van der Waals surface area contributed by atoms with E-state index < -0.39 is 0 Å². The van der Waals surface area contributed by atoms with Crippen molar-refractivity contribution < 1.29 is 4.79 Å². The van der Waals surface area contributed by atoms with Gasteiger partial charge in [0.2, 0.25) is 0 Å². The Bertz CT molecular complexity index is 235. The monoisotopic (exact) mass is 151 g/mol. The van der Waals surface area contributed by atoms with Crippen LogP contribution in [0.5, 0.6) is 0 Å². The number of hydrogen-bond donors (Lipinski definition) is 2. The van der Waals surface area contributed by atoms with Gasteiger partial charge in [-0.15, -0.1) is 0 Å². The van der Waals surface area contributed by atoms with E-state index in [4.69, 9.17) is 5.73 Å². The van der Waals surface area contributed by atoms with Gasteiger partial charge in [-0.25, -0.2) is 0 Å². The molecule has 0 unspecified atom stereocenters. The van der Waals surface area contributed by atoms with E-state index in [1.807, 2.05) is 0 Å². The minimum absolute atomic E-state index is 0.154. The van der Waals surface area contributed by atoms with Gasteiger partial charge in [0.1, 0.15) is 0 Å². The lowest BCUT2D eigenvalue weighted by Crippen LogP contribution is -2.29. The number of rotatable bonds is 2. The number of carbonyl (C=O) groups excluding carboxylic acids is 1. The normalized spacial score (nSPS) is 9.18. The Balaban J connectivity index is 2.69. The molecule has 1 aromatic rings. The molecule has 4 nitrogen and oxygen atoms in total. The maximum absolute atomic E-state index is 11.0. The molecular weight excluding hydrogens is 142 g/mol. The highest BCUT2D eigenvalue weighted by atomic mass is 16.1. The van der Waals surface area contributed by atoms with Crippen LogP contribution in [0.1, 0.15) is 10.4 Å². The van der Waals surface area contributed by atoms with Crippen molar-refractivity contribution in [3.8, 4) is 0 Å². The minimum atomic E-state index is -0.171. The first-order valence-electron chi connectivity index (χ1n) is 3.23. The second-order valence-corrected chi connectivity index (χ2v) is 1.95. The van der Waals surface area contributed by atoms with Gasteiger partial charge in [0.15, 0.2) is 0 Å². The summed E-state index contributed by atoms with van der Waals surface area (Å²) >= 11 is 0. The van der Waals surface area contributed by atoms with Gasteiger partial charge < -0.3 is 11.1 Å². The fraction of sp³-hybridized carbons (Fsp3) is 0.143. The van der Waals surface area contributed by atoms with Gasteiger partial charge in [0, 0.05) is 18.0 Å². The summed E-state index contributed by atoms with van der Waals surface area (Å²) in [7, 11) is 0. The molecule has 11 heavy (non-hydrogen) atoms. The minimum Gasteiger partial charge on any atom is -0.340 e. The van der Waals surface area contributed by atoms with Gasteiger partial charge in [-0.05, 0) is 12.1 Å². The lowest BCUT2D eigenvalue weighted by atomic mass is 10.2. The van der Waals surface area contributed by atoms with Crippen molar-refractivity contribution in [2.45, 2.75) is 0 Å². The second kappa shape index (κ2) is 3.68. The van der Waals surface area contributed by atoms with Crippen LogP contribution >= 0.6 is 0 Å². The molecule has 1 heterocycles. The summed E-state index contributed by atoms with van der Waals surface area (Å²) in [5, 5.41) is 2.47. The molecule has 0 saturated heterocycles. The van der Waals surface area contributed by atoms with Gasteiger partial charge >= 0.3 is 0 Å². The Morgan fingerprint density at radius 3 is 2.73 bits per heavy atom. The first-order valence-corrected chi connectivity index (χ1v) is 3.23. The largest absolute Gasteiger partial charge is 0.340 e. The summed E-state index contributed by atoms with van der Waals surface area (Å²) in [5.74, 6) is -0.171. The second-order valence-electron chi connectivity index (χ2n) is 1.95. The van der Waals surface area contributed by atoms with E-state index >= 15 is 0 Å². The van der Waals surface area contributed by atoms with Crippen LogP contribution in [-0.4, -0.2) is 17.6 Å². The smallest absolute Gasteiger partial charge is 0.252 e. The number of nitrogens with zero attached hydrogens (tertiary/aromatic N) is 1.